The van der Waals surface area contributed by atoms with Gasteiger partial charge in [0.1, 0.15) is 0 Å². The van der Waals surface area contributed by atoms with Crippen molar-refractivity contribution >= 4 is 11.8 Å². The average molecular weight is 208 g/mol. The summed E-state index contributed by atoms with van der Waals surface area (Å²) in [5.74, 6) is -0.754. The number of hydrogen-bond acceptors (Lipinski definition) is 4. The van der Waals surface area contributed by atoms with Crippen LogP contribution in [0.2, 0.25) is 0 Å². The van der Waals surface area contributed by atoms with Gasteiger partial charge < -0.3 is 9.15 Å². The second kappa shape index (κ2) is 4.59. The molecule has 0 fully saturated rings. The third-order valence-electron chi connectivity index (χ3n) is 1.69. The molecule has 1 heterocycles. The highest BCUT2D eigenvalue weighted by molar-refractivity contribution is 6.06. The predicted octanol–water partition coefficient (Wildman–Crippen LogP) is 2.22. The summed E-state index contributed by atoms with van der Waals surface area (Å²) in [5, 5.41) is 0. The minimum atomic E-state index is -0.571. The molecule has 0 N–H and O–H groups in total. The van der Waals surface area contributed by atoms with Crippen LogP contribution in [0, 0.1) is 0 Å². The molecule has 0 atom stereocenters. The smallest absolute Gasteiger partial charge is 0.374 e. The zero-order chi connectivity index (χ0) is 11.4. The number of ether oxygens (including phenoxy) is 1. The van der Waals surface area contributed by atoms with Gasteiger partial charge in [0.25, 0.3) is 0 Å². The molecule has 15 heavy (non-hydrogen) atoms. The molecule has 0 aliphatic rings. The summed E-state index contributed by atoms with van der Waals surface area (Å²) in [6.07, 6.45) is 0. The van der Waals surface area contributed by atoms with Gasteiger partial charge in [-0.2, -0.15) is 0 Å². The van der Waals surface area contributed by atoms with Gasteiger partial charge in [0.15, 0.2) is 5.76 Å². The Hall–Kier alpha value is -1.84. The maximum Gasteiger partial charge on any atom is 0.374 e. The van der Waals surface area contributed by atoms with Crippen LogP contribution in [-0.2, 0) is 4.74 Å². The first-order valence-corrected chi connectivity index (χ1v) is 4.53. The van der Waals surface area contributed by atoms with Crippen LogP contribution in [-0.4, -0.2) is 18.4 Å². The lowest BCUT2D eigenvalue weighted by atomic mass is 10.2. The molecule has 0 aliphatic carbocycles. The van der Waals surface area contributed by atoms with Crippen LogP contribution in [0.3, 0.4) is 0 Å². The topological polar surface area (TPSA) is 56.5 Å². The van der Waals surface area contributed by atoms with E-state index < -0.39 is 5.97 Å². The predicted molar refractivity (Wildman–Crippen MR) is 53.8 cm³/mol. The number of Topliss-reactive ketones (excluding diaryl/α,β-unsaturated/α-hetero) is 1. The first-order valence-electron chi connectivity index (χ1n) is 4.53. The lowest BCUT2D eigenvalue weighted by molar-refractivity contribution is 0.0488. The largest absolute Gasteiger partial charge is 0.460 e. The van der Waals surface area contributed by atoms with Crippen molar-refractivity contribution in [1.29, 1.82) is 0 Å². The van der Waals surface area contributed by atoms with Crippen molar-refractivity contribution in [1.82, 2.24) is 0 Å². The summed E-state index contributed by atoms with van der Waals surface area (Å²) >= 11 is 0. The van der Waals surface area contributed by atoms with E-state index in [1.165, 1.54) is 12.1 Å². The minimum absolute atomic E-state index is 0.0291. The van der Waals surface area contributed by atoms with Crippen molar-refractivity contribution < 1.29 is 18.7 Å². The molecule has 80 valence electrons. The van der Waals surface area contributed by atoms with Gasteiger partial charge in [0.05, 0.1) is 6.61 Å². The van der Waals surface area contributed by atoms with E-state index in [1.54, 1.807) is 13.8 Å². The number of allylic oxidation sites excluding steroid dienone is 1. The average Bonchev–Trinajstić information content (AvgIpc) is 2.65. The number of rotatable bonds is 4. The van der Waals surface area contributed by atoms with Crippen LogP contribution in [0.4, 0.5) is 0 Å². The quantitative estimate of drug-likeness (QED) is 0.432. The van der Waals surface area contributed by atoms with Crippen molar-refractivity contribution in [2.45, 2.75) is 13.8 Å². The molecule has 0 saturated carbocycles. The highest BCUT2D eigenvalue weighted by Gasteiger charge is 2.16. The second-order valence-electron chi connectivity index (χ2n) is 2.99. The molecule has 0 bridgehead atoms. The van der Waals surface area contributed by atoms with Gasteiger partial charge >= 0.3 is 5.97 Å². The number of furan rings is 1. The minimum Gasteiger partial charge on any atom is -0.460 e. The normalized spacial score (nSPS) is 9.73. The summed E-state index contributed by atoms with van der Waals surface area (Å²) in [6, 6.07) is 2.84. The van der Waals surface area contributed by atoms with E-state index in [1.807, 2.05) is 0 Å². The van der Waals surface area contributed by atoms with Gasteiger partial charge in [-0.15, -0.1) is 0 Å². The van der Waals surface area contributed by atoms with Gasteiger partial charge in [-0.1, -0.05) is 6.58 Å². The van der Waals surface area contributed by atoms with Crippen molar-refractivity contribution in [3.05, 3.63) is 35.8 Å². The number of esters is 1. The third kappa shape index (κ3) is 2.56. The zero-order valence-electron chi connectivity index (χ0n) is 8.70. The number of carbonyl (C=O) groups is 2. The Labute approximate surface area is 87.5 Å². The standard InChI is InChI=1S/C11H12O4/c1-4-14-11(13)9-6-5-8(15-9)10(12)7(2)3/h5-6H,2,4H2,1,3H3. The van der Waals surface area contributed by atoms with Crippen LogP contribution < -0.4 is 0 Å². The van der Waals surface area contributed by atoms with Crippen LogP contribution in [0.1, 0.15) is 35.0 Å². The molecule has 0 unspecified atom stereocenters. The fraction of sp³-hybridized carbons (Fsp3) is 0.273. The van der Waals surface area contributed by atoms with Gasteiger partial charge in [-0.05, 0) is 31.6 Å². The SMILES string of the molecule is C=C(C)C(=O)c1ccc(C(=O)OCC)o1. The second-order valence-corrected chi connectivity index (χ2v) is 2.99. The van der Waals surface area contributed by atoms with E-state index in [2.05, 4.69) is 6.58 Å². The molecule has 0 radical (unpaired) electrons. The number of hydrogen-bond donors (Lipinski definition) is 0. The van der Waals surface area contributed by atoms with Crippen molar-refractivity contribution in [3.63, 3.8) is 0 Å². The molecular formula is C11H12O4. The fourth-order valence-electron chi connectivity index (χ4n) is 0.982. The monoisotopic (exact) mass is 208 g/mol. The maximum atomic E-state index is 11.4. The lowest BCUT2D eigenvalue weighted by Crippen LogP contribution is -2.03. The van der Waals surface area contributed by atoms with Crippen molar-refractivity contribution in [3.8, 4) is 0 Å². The Kier molecular flexibility index (Phi) is 3.44. The first kappa shape index (κ1) is 11.2. The molecule has 1 aromatic rings. The molecule has 4 nitrogen and oxygen atoms in total. The molecule has 0 spiro atoms. The van der Waals surface area contributed by atoms with Crippen LogP contribution in [0.5, 0.6) is 0 Å². The molecule has 0 aliphatic heterocycles. The molecule has 1 aromatic heterocycles. The third-order valence-corrected chi connectivity index (χ3v) is 1.69. The molecule has 1 rings (SSSR count). The first-order chi connectivity index (χ1) is 7.06. The van der Waals surface area contributed by atoms with Crippen LogP contribution >= 0.6 is 0 Å². The molecule has 4 heteroatoms. The Morgan fingerprint density at radius 2 is 2.00 bits per heavy atom. The van der Waals surface area contributed by atoms with Crippen molar-refractivity contribution in [2.24, 2.45) is 0 Å². The van der Waals surface area contributed by atoms with Crippen LogP contribution in [0.25, 0.3) is 0 Å². The van der Waals surface area contributed by atoms with Gasteiger partial charge in [0, 0.05) is 0 Å². The number of ketones is 1. The van der Waals surface area contributed by atoms with E-state index in [-0.39, 0.29) is 23.9 Å². The Bertz CT molecular complexity index is 400. The summed E-state index contributed by atoms with van der Waals surface area (Å²) in [4.78, 5) is 22.6. The van der Waals surface area contributed by atoms with Crippen LogP contribution in [0.15, 0.2) is 28.7 Å². The molecule has 0 saturated heterocycles. The summed E-state index contributed by atoms with van der Waals surface area (Å²) in [7, 11) is 0. The molecular weight excluding hydrogens is 196 g/mol. The van der Waals surface area contributed by atoms with Gasteiger partial charge in [-0.3, -0.25) is 4.79 Å². The number of carbonyl (C=O) groups excluding carboxylic acids is 2. The van der Waals surface area contributed by atoms with E-state index in [0.717, 1.165) is 0 Å². The summed E-state index contributed by atoms with van der Waals surface area (Å²) in [6.45, 7) is 7.04. The fourth-order valence-corrected chi connectivity index (χ4v) is 0.982. The Morgan fingerprint density at radius 1 is 1.40 bits per heavy atom. The van der Waals surface area contributed by atoms with Gasteiger partial charge in [-0.25, -0.2) is 4.79 Å². The van der Waals surface area contributed by atoms with E-state index in [9.17, 15) is 9.59 Å². The molecule has 0 amide bonds. The molecule has 0 aromatic carbocycles. The van der Waals surface area contributed by atoms with E-state index >= 15 is 0 Å². The lowest BCUT2D eigenvalue weighted by Gasteiger charge is -1.97. The Balaban J connectivity index is 2.85. The highest BCUT2D eigenvalue weighted by atomic mass is 16.5. The van der Waals surface area contributed by atoms with E-state index in [0.29, 0.717) is 5.57 Å². The Morgan fingerprint density at radius 3 is 2.53 bits per heavy atom. The zero-order valence-corrected chi connectivity index (χ0v) is 8.70. The maximum absolute atomic E-state index is 11.4. The van der Waals surface area contributed by atoms with E-state index in [4.69, 9.17) is 9.15 Å². The van der Waals surface area contributed by atoms with Gasteiger partial charge in [0.2, 0.25) is 11.5 Å². The summed E-state index contributed by atoms with van der Waals surface area (Å²) in [5.41, 5.74) is 0.361. The van der Waals surface area contributed by atoms with Crippen molar-refractivity contribution in [2.75, 3.05) is 6.61 Å². The summed E-state index contributed by atoms with van der Waals surface area (Å²) < 4.78 is 9.75. The highest BCUT2D eigenvalue weighted by Crippen LogP contribution is 2.12.